The first-order valence-corrected chi connectivity index (χ1v) is 7.83. The Morgan fingerprint density at radius 1 is 1.24 bits per heavy atom. The maximum atomic E-state index is 12.3. The quantitative estimate of drug-likeness (QED) is 0.705. The molecule has 1 saturated heterocycles. The van der Waals surface area contributed by atoms with Crippen molar-refractivity contribution >= 4 is 22.0 Å². The predicted octanol–water partition coefficient (Wildman–Crippen LogP) is 3.73. The van der Waals surface area contributed by atoms with Gasteiger partial charge in [0, 0.05) is 18.4 Å². The predicted molar refractivity (Wildman–Crippen MR) is 75.6 cm³/mol. The van der Waals surface area contributed by atoms with Crippen LogP contribution in [0.15, 0.2) is 0 Å². The van der Waals surface area contributed by atoms with Gasteiger partial charge in [0.25, 0.3) is 0 Å². The number of carbonyl (C=O) groups is 1. The van der Waals surface area contributed by atoms with Gasteiger partial charge >= 0.3 is 12.3 Å². The van der Waals surface area contributed by atoms with E-state index in [1.807, 2.05) is 0 Å². The largest absolute Gasteiger partial charge is 0.444 e. The fourth-order valence-corrected chi connectivity index (χ4v) is 2.70. The van der Waals surface area contributed by atoms with Gasteiger partial charge in [-0.1, -0.05) is 15.9 Å². The monoisotopic (exact) mass is 375 g/mol. The summed E-state index contributed by atoms with van der Waals surface area (Å²) in [4.78, 5) is 13.4. The van der Waals surface area contributed by atoms with Crippen LogP contribution in [0, 0.1) is 0 Å². The number of halogens is 4. The van der Waals surface area contributed by atoms with Crippen molar-refractivity contribution in [1.82, 2.24) is 4.90 Å². The molecule has 0 atom stereocenters. The first-order chi connectivity index (χ1) is 9.46. The molecule has 0 radical (unpaired) electrons. The highest BCUT2D eigenvalue weighted by atomic mass is 79.9. The third kappa shape index (κ3) is 6.42. The van der Waals surface area contributed by atoms with Gasteiger partial charge in [-0.3, -0.25) is 0 Å². The second-order valence-corrected chi connectivity index (χ2v) is 6.75. The zero-order chi connectivity index (χ0) is 16.3. The Morgan fingerprint density at radius 2 is 1.76 bits per heavy atom. The molecule has 21 heavy (non-hydrogen) atoms. The Morgan fingerprint density at radius 3 is 2.14 bits per heavy atom. The summed E-state index contributed by atoms with van der Waals surface area (Å²) in [6, 6.07) is 0. The number of nitrogens with zero attached hydrogens (tertiary/aromatic N) is 1. The number of ether oxygens (including phenoxy) is 2. The molecule has 8 heteroatoms. The Hall–Kier alpha value is -0.500. The van der Waals surface area contributed by atoms with Gasteiger partial charge in [0.05, 0.1) is 5.60 Å². The molecule has 0 N–H and O–H groups in total. The maximum Gasteiger partial charge on any atom is 0.411 e. The van der Waals surface area contributed by atoms with E-state index in [2.05, 4.69) is 15.9 Å². The van der Waals surface area contributed by atoms with Gasteiger partial charge in [0.1, 0.15) is 12.2 Å². The average Bonchev–Trinajstić information content (AvgIpc) is 2.34. The molecular formula is C13H21BrF3NO3. The normalized spacial score (nSPS) is 19.5. The fraction of sp³-hybridized carbons (Fsp3) is 0.923. The molecule has 0 spiro atoms. The lowest BCUT2D eigenvalue weighted by Gasteiger charge is -2.41. The summed E-state index contributed by atoms with van der Waals surface area (Å²) in [5, 5.41) is 0.304. The van der Waals surface area contributed by atoms with Crippen LogP contribution in [-0.2, 0) is 9.47 Å². The molecule has 1 aliphatic rings. The zero-order valence-electron chi connectivity index (χ0n) is 12.4. The van der Waals surface area contributed by atoms with Gasteiger partial charge in [-0.05, 0) is 33.6 Å². The number of carbonyl (C=O) groups excluding carboxylic acids is 1. The van der Waals surface area contributed by atoms with Crippen LogP contribution in [-0.4, -0.2) is 53.4 Å². The average molecular weight is 376 g/mol. The van der Waals surface area contributed by atoms with Crippen LogP contribution >= 0.6 is 15.9 Å². The summed E-state index contributed by atoms with van der Waals surface area (Å²) in [5.41, 5.74) is -1.47. The van der Waals surface area contributed by atoms with Crippen LogP contribution in [0.3, 0.4) is 0 Å². The molecule has 1 rings (SSSR count). The Balaban J connectivity index is 2.54. The molecule has 0 aromatic carbocycles. The molecule has 1 amide bonds. The molecule has 124 valence electrons. The number of likely N-dealkylation sites (tertiary alicyclic amines) is 1. The molecule has 0 aliphatic carbocycles. The highest BCUT2D eigenvalue weighted by molar-refractivity contribution is 9.09. The molecule has 0 aromatic rings. The molecule has 1 aliphatic heterocycles. The third-order valence-electron chi connectivity index (χ3n) is 3.11. The number of rotatable bonds is 3. The van der Waals surface area contributed by atoms with Crippen LogP contribution in [0.25, 0.3) is 0 Å². The van der Waals surface area contributed by atoms with E-state index < -0.39 is 30.1 Å². The fourth-order valence-electron chi connectivity index (χ4n) is 1.97. The summed E-state index contributed by atoms with van der Waals surface area (Å²) >= 11 is 3.21. The lowest BCUT2D eigenvalue weighted by Crippen LogP contribution is -2.51. The van der Waals surface area contributed by atoms with Gasteiger partial charge in [-0.15, -0.1) is 0 Å². The Labute approximate surface area is 131 Å². The standard InChI is InChI=1S/C13H21BrF3NO3/c1-11(2,3)21-10(19)18-6-4-12(8-14,5-7-18)20-9-13(15,16)17/h4-9H2,1-3H3. The van der Waals surface area contributed by atoms with Crippen molar-refractivity contribution in [3.05, 3.63) is 0 Å². The summed E-state index contributed by atoms with van der Waals surface area (Å²) in [6.45, 7) is 4.67. The van der Waals surface area contributed by atoms with Crippen molar-refractivity contribution < 1.29 is 27.4 Å². The van der Waals surface area contributed by atoms with E-state index in [1.165, 1.54) is 4.90 Å². The number of alkyl halides is 4. The molecule has 0 unspecified atom stereocenters. The minimum Gasteiger partial charge on any atom is -0.444 e. The smallest absolute Gasteiger partial charge is 0.411 e. The van der Waals surface area contributed by atoms with Gasteiger partial charge in [-0.25, -0.2) is 4.79 Å². The maximum absolute atomic E-state index is 12.3. The molecule has 4 nitrogen and oxygen atoms in total. The highest BCUT2D eigenvalue weighted by Crippen LogP contribution is 2.31. The molecule has 0 saturated carbocycles. The summed E-state index contributed by atoms with van der Waals surface area (Å²) in [7, 11) is 0. The van der Waals surface area contributed by atoms with Gasteiger partial charge < -0.3 is 14.4 Å². The van der Waals surface area contributed by atoms with Crippen molar-refractivity contribution in [2.75, 3.05) is 25.0 Å². The number of hydrogen-bond acceptors (Lipinski definition) is 3. The lowest BCUT2D eigenvalue weighted by atomic mass is 9.93. The Kier molecular flexibility index (Phi) is 5.94. The van der Waals surface area contributed by atoms with Gasteiger partial charge in [0.2, 0.25) is 0 Å². The first-order valence-electron chi connectivity index (χ1n) is 6.71. The second-order valence-electron chi connectivity index (χ2n) is 6.19. The Bertz CT molecular complexity index is 361. The topological polar surface area (TPSA) is 38.8 Å². The van der Waals surface area contributed by atoms with E-state index in [9.17, 15) is 18.0 Å². The van der Waals surface area contributed by atoms with E-state index in [0.29, 0.717) is 31.3 Å². The third-order valence-corrected chi connectivity index (χ3v) is 4.13. The summed E-state index contributed by atoms with van der Waals surface area (Å²) in [6.07, 6.45) is -4.11. The summed E-state index contributed by atoms with van der Waals surface area (Å²) < 4.78 is 47.2. The molecule has 0 aromatic heterocycles. The van der Waals surface area contributed by atoms with Crippen LogP contribution in [0.4, 0.5) is 18.0 Å². The molecular weight excluding hydrogens is 355 g/mol. The zero-order valence-corrected chi connectivity index (χ0v) is 14.0. The van der Waals surface area contributed by atoms with Crippen molar-refractivity contribution in [3.8, 4) is 0 Å². The minimum atomic E-state index is -4.35. The van der Waals surface area contributed by atoms with Crippen molar-refractivity contribution in [2.24, 2.45) is 0 Å². The van der Waals surface area contributed by atoms with Crippen molar-refractivity contribution in [2.45, 2.75) is 51.0 Å². The number of amides is 1. The van der Waals surface area contributed by atoms with Crippen molar-refractivity contribution in [3.63, 3.8) is 0 Å². The minimum absolute atomic E-state index is 0.304. The summed E-state index contributed by atoms with van der Waals surface area (Å²) in [5.74, 6) is 0. The number of hydrogen-bond donors (Lipinski definition) is 0. The number of piperidine rings is 1. The molecule has 1 heterocycles. The lowest BCUT2D eigenvalue weighted by molar-refractivity contribution is -0.207. The van der Waals surface area contributed by atoms with E-state index in [-0.39, 0.29) is 0 Å². The second kappa shape index (κ2) is 6.73. The van der Waals surface area contributed by atoms with Gasteiger partial charge in [-0.2, -0.15) is 13.2 Å². The van der Waals surface area contributed by atoms with E-state index in [4.69, 9.17) is 9.47 Å². The van der Waals surface area contributed by atoms with Crippen molar-refractivity contribution in [1.29, 1.82) is 0 Å². The molecule has 1 fully saturated rings. The first kappa shape index (κ1) is 18.5. The van der Waals surface area contributed by atoms with Crippen LogP contribution in [0.5, 0.6) is 0 Å². The van der Waals surface area contributed by atoms with E-state index in [1.54, 1.807) is 20.8 Å². The van der Waals surface area contributed by atoms with Crippen LogP contribution in [0.1, 0.15) is 33.6 Å². The van der Waals surface area contributed by atoms with E-state index >= 15 is 0 Å². The van der Waals surface area contributed by atoms with E-state index in [0.717, 1.165) is 0 Å². The van der Waals surface area contributed by atoms with Crippen LogP contribution < -0.4 is 0 Å². The van der Waals surface area contributed by atoms with Gasteiger partial charge in [0.15, 0.2) is 0 Å². The highest BCUT2D eigenvalue weighted by Gasteiger charge is 2.40. The molecule has 0 bridgehead atoms. The SMILES string of the molecule is CC(C)(C)OC(=O)N1CCC(CBr)(OCC(F)(F)F)CC1. The van der Waals surface area contributed by atoms with Crippen LogP contribution in [0.2, 0.25) is 0 Å².